The van der Waals surface area contributed by atoms with E-state index in [1.54, 1.807) is 12.1 Å². The van der Waals surface area contributed by atoms with Gasteiger partial charge in [-0.05, 0) is 36.4 Å². The highest BCUT2D eigenvalue weighted by Crippen LogP contribution is 2.32. The maximum absolute atomic E-state index is 13.8. The van der Waals surface area contributed by atoms with Gasteiger partial charge in [0.1, 0.15) is 16.7 Å². The van der Waals surface area contributed by atoms with Crippen molar-refractivity contribution in [2.24, 2.45) is 0 Å². The molecule has 1 aliphatic rings. The Kier molecular flexibility index (Phi) is 5.86. The second-order valence-corrected chi connectivity index (χ2v) is 7.40. The Morgan fingerprint density at radius 2 is 1.86 bits per heavy atom. The third-order valence-electron chi connectivity index (χ3n) is 3.78. The Balaban J connectivity index is 1.68. The number of hydrogen-bond acceptors (Lipinski definition) is 5. The lowest BCUT2D eigenvalue weighted by atomic mass is 10.2. The number of halogens is 1. The van der Waals surface area contributed by atoms with Gasteiger partial charge in [-0.2, -0.15) is 0 Å². The number of benzene rings is 2. The summed E-state index contributed by atoms with van der Waals surface area (Å²) in [7, 11) is 0. The van der Waals surface area contributed by atoms with Crippen molar-refractivity contribution in [2.45, 2.75) is 0 Å². The zero-order valence-electron chi connectivity index (χ0n) is 14.2. The van der Waals surface area contributed by atoms with Crippen molar-refractivity contribution >= 4 is 57.8 Å². The number of amides is 2. The van der Waals surface area contributed by atoms with E-state index in [-0.39, 0.29) is 26.9 Å². The van der Waals surface area contributed by atoms with Crippen molar-refractivity contribution in [1.82, 2.24) is 4.90 Å². The molecule has 6 nitrogen and oxygen atoms in total. The van der Waals surface area contributed by atoms with Crippen molar-refractivity contribution in [3.8, 4) is 0 Å². The first-order chi connectivity index (χ1) is 13.3. The van der Waals surface area contributed by atoms with Crippen LogP contribution in [-0.2, 0) is 9.59 Å². The van der Waals surface area contributed by atoms with Gasteiger partial charge in [-0.1, -0.05) is 42.2 Å². The molecule has 0 aromatic heterocycles. The highest BCUT2D eigenvalue weighted by Gasteiger charge is 2.33. The summed E-state index contributed by atoms with van der Waals surface area (Å²) in [5, 5.41) is 11.5. The topological polar surface area (TPSA) is 86.7 Å². The van der Waals surface area contributed by atoms with Crippen LogP contribution in [-0.4, -0.2) is 38.7 Å². The minimum absolute atomic E-state index is 0.0909. The summed E-state index contributed by atoms with van der Waals surface area (Å²) in [6.07, 6.45) is 1.40. The van der Waals surface area contributed by atoms with Crippen LogP contribution >= 0.6 is 24.0 Å². The van der Waals surface area contributed by atoms with Gasteiger partial charge in [0, 0.05) is 11.3 Å². The number of anilines is 1. The number of nitrogens with one attached hydrogen (secondary N) is 1. The van der Waals surface area contributed by atoms with Gasteiger partial charge < -0.3 is 10.4 Å². The lowest BCUT2D eigenvalue weighted by Gasteiger charge is -2.14. The van der Waals surface area contributed by atoms with Gasteiger partial charge in [-0.15, -0.1) is 0 Å². The van der Waals surface area contributed by atoms with E-state index in [2.05, 4.69) is 5.32 Å². The number of rotatable bonds is 5. The molecule has 0 atom stereocenters. The molecule has 0 spiro atoms. The summed E-state index contributed by atoms with van der Waals surface area (Å²) in [5.41, 5.74) is 0.738. The van der Waals surface area contributed by atoms with Crippen molar-refractivity contribution in [3.05, 3.63) is 70.4 Å². The number of nitrogens with zero attached hydrogens (tertiary/aromatic N) is 1. The standard InChI is InChI=1S/C19H13FN2O4S2/c20-14-4-2-1-3-12(14)9-15-17(24)22(19(27)28-15)10-16(23)21-13-7-5-11(6-8-13)18(25)26/h1-9H,10H2,(H,21,23)(H,25,26)/b15-9-. The third-order valence-corrected chi connectivity index (χ3v) is 5.16. The van der Waals surface area contributed by atoms with E-state index >= 15 is 0 Å². The Hall–Kier alpha value is -3.04. The molecule has 3 rings (SSSR count). The minimum Gasteiger partial charge on any atom is -0.478 e. The van der Waals surface area contributed by atoms with Gasteiger partial charge in [0.15, 0.2) is 0 Å². The summed E-state index contributed by atoms with van der Waals surface area (Å²) >= 11 is 6.16. The molecule has 2 aromatic carbocycles. The number of thiocarbonyl (C=S) groups is 1. The Labute approximate surface area is 169 Å². The average Bonchev–Trinajstić information content (AvgIpc) is 2.91. The normalized spacial score (nSPS) is 15.2. The fourth-order valence-corrected chi connectivity index (χ4v) is 3.66. The molecular weight excluding hydrogens is 403 g/mol. The highest BCUT2D eigenvalue weighted by atomic mass is 32.2. The van der Waals surface area contributed by atoms with Crippen molar-refractivity contribution < 1.29 is 23.9 Å². The molecule has 28 heavy (non-hydrogen) atoms. The summed E-state index contributed by atoms with van der Waals surface area (Å²) in [6.45, 7) is -0.306. The predicted octanol–water partition coefficient (Wildman–Crippen LogP) is 3.36. The maximum atomic E-state index is 13.8. The second kappa shape index (κ2) is 8.32. The molecule has 0 aliphatic carbocycles. The molecule has 1 saturated heterocycles. The molecule has 2 N–H and O–H groups in total. The quantitative estimate of drug-likeness (QED) is 0.574. The molecule has 142 valence electrons. The summed E-state index contributed by atoms with van der Waals surface area (Å²) in [4.78, 5) is 37.0. The van der Waals surface area contributed by atoms with Crippen molar-refractivity contribution in [1.29, 1.82) is 0 Å². The molecule has 0 bridgehead atoms. The van der Waals surface area contributed by atoms with Gasteiger partial charge in [0.05, 0.1) is 10.5 Å². The number of aromatic carboxylic acids is 1. The van der Waals surface area contributed by atoms with Crippen LogP contribution in [0.3, 0.4) is 0 Å². The van der Waals surface area contributed by atoms with Gasteiger partial charge >= 0.3 is 5.97 Å². The zero-order chi connectivity index (χ0) is 20.3. The number of carbonyl (C=O) groups excluding carboxylic acids is 2. The number of hydrogen-bond donors (Lipinski definition) is 2. The van der Waals surface area contributed by atoms with Crippen LogP contribution in [0.25, 0.3) is 6.08 Å². The molecule has 0 saturated carbocycles. The lowest BCUT2D eigenvalue weighted by Crippen LogP contribution is -2.36. The number of thioether (sulfide) groups is 1. The Morgan fingerprint density at radius 1 is 1.18 bits per heavy atom. The molecule has 1 fully saturated rings. The fourth-order valence-electron chi connectivity index (χ4n) is 2.41. The first-order valence-electron chi connectivity index (χ1n) is 7.98. The van der Waals surface area contributed by atoms with Crippen LogP contribution in [0.4, 0.5) is 10.1 Å². The van der Waals surface area contributed by atoms with E-state index in [4.69, 9.17) is 17.3 Å². The van der Waals surface area contributed by atoms with Gasteiger partial charge in [-0.25, -0.2) is 9.18 Å². The molecule has 0 unspecified atom stereocenters. The monoisotopic (exact) mass is 416 g/mol. The Morgan fingerprint density at radius 3 is 2.50 bits per heavy atom. The predicted molar refractivity (Wildman–Crippen MR) is 108 cm³/mol. The third kappa shape index (κ3) is 4.44. The minimum atomic E-state index is -1.07. The van der Waals surface area contributed by atoms with Crippen LogP contribution in [0.2, 0.25) is 0 Å². The molecule has 1 heterocycles. The van der Waals surface area contributed by atoms with Gasteiger partial charge in [-0.3, -0.25) is 14.5 Å². The molecule has 2 aromatic rings. The SMILES string of the molecule is O=C(CN1C(=O)/C(=C/c2ccccc2F)SC1=S)Nc1ccc(C(=O)O)cc1. The highest BCUT2D eigenvalue weighted by molar-refractivity contribution is 8.26. The van der Waals surface area contributed by atoms with Crippen LogP contribution in [0, 0.1) is 5.82 Å². The molecular formula is C19H13FN2O4S2. The second-order valence-electron chi connectivity index (χ2n) is 5.72. The summed E-state index contributed by atoms with van der Waals surface area (Å²) in [5.74, 6) is -2.51. The Bertz CT molecular complexity index is 1010. The maximum Gasteiger partial charge on any atom is 0.335 e. The van der Waals surface area contributed by atoms with E-state index in [1.165, 1.54) is 42.5 Å². The van der Waals surface area contributed by atoms with Crippen LogP contribution < -0.4 is 5.32 Å². The van der Waals surface area contributed by atoms with Crippen LogP contribution in [0.15, 0.2) is 53.4 Å². The largest absolute Gasteiger partial charge is 0.478 e. The van der Waals surface area contributed by atoms with Gasteiger partial charge in [0.25, 0.3) is 5.91 Å². The molecule has 1 aliphatic heterocycles. The smallest absolute Gasteiger partial charge is 0.335 e. The van der Waals surface area contributed by atoms with E-state index in [9.17, 15) is 18.8 Å². The van der Waals surface area contributed by atoms with E-state index in [0.29, 0.717) is 5.69 Å². The van der Waals surface area contributed by atoms with Crippen LogP contribution in [0.5, 0.6) is 0 Å². The molecule has 9 heteroatoms. The fraction of sp³-hybridized carbons (Fsp3) is 0.0526. The molecule has 2 amide bonds. The molecule has 0 radical (unpaired) electrons. The van der Waals surface area contributed by atoms with E-state index in [0.717, 1.165) is 16.7 Å². The van der Waals surface area contributed by atoms with E-state index in [1.807, 2.05) is 0 Å². The first-order valence-corrected chi connectivity index (χ1v) is 9.21. The van der Waals surface area contributed by atoms with Crippen molar-refractivity contribution in [3.63, 3.8) is 0 Å². The average molecular weight is 416 g/mol. The van der Waals surface area contributed by atoms with E-state index < -0.39 is 23.6 Å². The van der Waals surface area contributed by atoms with Crippen LogP contribution in [0.1, 0.15) is 15.9 Å². The first kappa shape index (κ1) is 19.7. The van der Waals surface area contributed by atoms with Gasteiger partial charge in [0.2, 0.25) is 5.91 Å². The number of carbonyl (C=O) groups is 3. The van der Waals surface area contributed by atoms with Crippen molar-refractivity contribution in [2.75, 3.05) is 11.9 Å². The zero-order valence-corrected chi connectivity index (χ0v) is 15.8. The lowest BCUT2D eigenvalue weighted by molar-refractivity contribution is -0.126. The number of carboxylic acids is 1. The summed E-state index contributed by atoms with van der Waals surface area (Å²) in [6, 6.07) is 11.6. The summed E-state index contributed by atoms with van der Waals surface area (Å²) < 4.78 is 14.0. The number of carboxylic acid groups (broad SMARTS) is 1.